The van der Waals surface area contributed by atoms with E-state index in [0.717, 1.165) is 30.8 Å². The summed E-state index contributed by atoms with van der Waals surface area (Å²) in [6.07, 6.45) is 3.83. The van der Waals surface area contributed by atoms with Crippen LogP contribution in [0.2, 0.25) is 0 Å². The second kappa shape index (κ2) is 5.95. The predicted molar refractivity (Wildman–Crippen MR) is 80.1 cm³/mol. The molecular weight excluding hydrogens is 266 g/mol. The number of H-pyrrole nitrogens is 1. The standard InChI is InChI=1S/C15H19N5O/c1-11-4-2-6-14(17-11)18-15(21)20-9-3-5-12(10-20)13-7-8-16-19-13/h2,4,6-8,12H,3,5,9-10H2,1H3,(H,16,19)(H,17,18,21). The number of urea groups is 1. The fourth-order valence-electron chi connectivity index (χ4n) is 2.71. The number of carbonyl (C=O) groups is 1. The molecule has 2 amide bonds. The van der Waals surface area contributed by atoms with Gasteiger partial charge in [-0.2, -0.15) is 5.10 Å². The minimum atomic E-state index is -0.0858. The number of anilines is 1. The molecule has 6 nitrogen and oxygen atoms in total. The number of hydrogen-bond donors (Lipinski definition) is 2. The third-order valence-electron chi connectivity index (χ3n) is 3.79. The Kier molecular flexibility index (Phi) is 3.85. The lowest BCUT2D eigenvalue weighted by molar-refractivity contribution is 0.192. The molecule has 0 aromatic carbocycles. The highest BCUT2D eigenvalue weighted by Crippen LogP contribution is 2.25. The van der Waals surface area contributed by atoms with E-state index in [1.807, 2.05) is 30.0 Å². The summed E-state index contributed by atoms with van der Waals surface area (Å²) in [6, 6.07) is 7.50. The molecule has 1 aliphatic heterocycles. The smallest absolute Gasteiger partial charge is 0.323 e. The molecule has 6 heteroatoms. The van der Waals surface area contributed by atoms with Crippen LogP contribution in [0.1, 0.15) is 30.1 Å². The molecule has 2 aromatic rings. The van der Waals surface area contributed by atoms with Crippen LogP contribution in [0.25, 0.3) is 0 Å². The summed E-state index contributed by atoms with van der Waals surface area (Å²) >= 11 is 0. The van der Waals surface area contributed by atoms with Gasteiger partial charge in [-0.25, -0.2) is 9.78 Å². The first-order chi connectivity index (χ1) is 10.2. The summed E-state index contributed by atoms with van der Waals surface area (Å²) in [7, 11) is 0. The van der Waals surface area contributed by atoms with Crippen LogP contribution in [0.5, 0.6) is 0 Å². The molecule has 0 aliphatic carbocycles. The SMILES string of the molecule is Cc1cccc(NC(=O)N2CCCC(c3ccn[nH]3)C2)n1. The fourth-order valence-corrected chi connectivity index (χ4v) is 2.71. The molecule has 3 rings (SSSR count). The Morgan fingerprint density at radius 1 is 1.43 bits per heavy atom. The Balaban J connectivity index is 1.64. The highest BCUT2D eigenvalue weighted by Gasteiger charge is 2.25. The molecular formula is C15H19N5O. The molecule has 21 heavy (non-hydrogen) atoms. The van der Waals surface area contributed by atoms with Crippen LogP contribution in [-0.4, -0.2) is 39.2 Å². The Morgan fingerprint density at radius 2 is 2.33 bits per heavy atom. The van der Waals surface area contributed by atoms with Gasteiger partial charge in [0.25, 0.3) is 0 Å². The molecule has 0 saturated carbocycles. The number of aromatic amines is 1. The van der Waals surface area contributed by atoms with Crippen molar-refractivity contribution in [1.29, 1.82) is 0 Å². The average molecular weight is 285 g/mol. The molecule has 0 bridgehead atoms. The third kappa shape index (κ3) is 3.21. The highest BCUT2D eigenvalue weighted by atomic mass is 16.2. The highest BCUT2D eigenvalue weighted by molar-refractivity contribution is 5.88. The summed E-state index contributed by atoms with van der Waals surface area (Å²) in [5.74, 6) is 0.932. The number of amides is 2. The Labute approximate surface area is 123 Å². The molecule has 3 heterocycles. The Hall–Kier alpha value is -2.37. The summed E-state index contributed by atoms with van der Waals surface area (Å²) in [6.45, 7) is 3.40. The molecule has 1 aliphatic rings. The summed E-state index contributed by atoms with van der Waals surface area (Å²) in [5, 5.41) is 9.86. The van der Waals surface area contributed by atoms with Crippen molar-refractivity contribution >= 4 is 11.8 Å². The number of nitrogens with zero attached hydrogens (tertiary/aromatic N) is 3. The number of likely N-dealkylation sites (tertiary alicyclic amines) is 1. The lowest BCUT2D eigenvalue weighted by Gasteiger charge is -2.32. The van der Waals surface area contributed by atoms with Gasteiger partial charge in [-0.05, 0) is 38.0 Å². The molecule has 2 N–H and O–H groups in total. The molecule has 1 fully saturated rings. The van der Waals surface area contributed by atoms with Gasteiger partial charge in [-0.15, -0.1) is 0 Å². The van der Waals surface area contributed by atoms with Crippen LogP contribution >= 0.6 is 0 Å². The lowest BCUT2D eigenvalue weighted by atomic mass is 9.95. The van der Waals surface area contributed by atoms with E-state index in [1.54, 1.807) is 12.3 Å². The third-order valence-corrected chi connectivity index (χ3v) is 3.79. The minimum Gasteiger partial charge on any atom is -0.324 e. The van der Waals surface area contributed by atoms with E-state index in [1.165, 1.54) is 0 Å². The summed E-state index contributed by atoms with van der Waals surface area (Å²) in [5.41, 5.74) is 1.99. The van der Waals surface area contributed by atoms with E-state index < -0.39 is 0 Å². The van der Waals surface area contributed by atoms with Gasteiger partial charge in [-0.1, -0.05) is 6.07 Å². The second-order valence-electron chi connectivity index (χ2n) is 5.39. The van der Waals surface area contributed by atoms with E-state index >= 15 is 0 Å². The van der Waals surface area contributed by atoms with Crippen LogP contribution in [0.15, 0.2) is 30.5 Å². The van der Waals surface area contributed by atoms with Crippen molar-refractivity contribution in [2.45, 2.75) is 25.7 Å². The van der Waals surface area contributed by atoms with Crippen molar-refractivity contribution in [1.82, 2.24) is 20.1 Å². The van der Waals surface area contributed by atoms with E-state index in [0.29, 0.717) is 18.3 Å². The van der Waals surface area contributed by atoms with Crippen LogP contribution < -0.4 is 5.32 Å². The number of hydrogen-bond acceptors (Lipinski definition) is 3. The van der Waals surface area contributed by atoms with Crippen LogP contribution in [0, 0.1) is 6.92 Å². The van der Waals surface area contributed by atoms with Crippen molar-refractivity contribution in [2.24, 2.45) is 0 Å². The summed E-state index contributed by atoms with van der Waals surface area (Å²) in [4.78, 5) is 18.5. The van der Waals surface area contributed by atoms with E-state index in [9.17, 15) is 4.79 Å². The number of nitrogens with one attached hydrogen (secondary N) is 2. The Bertz CT molecular complexity index is 610. The van der Waals surface area contributed by atoms with E-state index in [-0.39, 0.29) is 6.03 Å². The van der Waals surface area contributed by atoms with E-state index in [4.69, 9.17) is 0 Å². The quantitative estimate of drug-likeness (QED) is 0.890. The fraction of sp³-hybridized carbons (Fsp3) is 0.400. The van der Waals surface area contributed by atoms with Gasteiger partial charge < -0.3 is 4.90 Å². The largest absolute Gasteiger partial charge is 0.324 e. The van der Waals surface area contributed by atoms with Crippen LogP contribution in [0.3, 0.4) is 0 Å². The van der Waals surface area contributed by atoms with Gasteiger partial charge in [0.05, 0.1) is 0 Å². The van der Waals surface area contributed by atoms with Gasteiger partial charge in [0.2, 0.25) is 0 Å². The first kappa shape index (κ1) is 13.6. The number of aryl methyl sites for hydroxylation is 1. The van der Waals surface area contributed by atoms with Crippen molar-refractivity contribution in [3.63, 3.8) is 0 Å². The summed E-state index contributed by atoms with van der Waals surface area (Å²) < 4.78 is 0. The van der Waals surface area contributed by atoms with Crippen LogP contribution in [0.4, 0.5) is 10.6 Å². The first-order valence-electron chi connectivity index (χ1n) is 7.21. The number of rotatable bonds is 2. The molecule has 1 saturated heterocycles. The molecule has 1 atom stereocenters. The second-order valence-corrected chi connectivity index (χ2v) is 5.39. The number of aromatic nitrogens is 3. The average Bonchev–Trinajstić information content (AvgIpc) is 3.02. The molecule has 0 spiro atoms. The zero-order chi connectivity index (χ0) is 14.7. The normalized spacial score (nSPS) is 18.5. The topological polar surface area (TPSA) is 73.9 Å². The van der Waals surface area contributed by atoms with Gasteiger partial charge in [0, 0.05) is 36.6 Å². The maximum Gasteiger partial charge on any atom is 0.323 e. The predicted octanol–water partition coefficient (Wildman–Crippen LogP) is 2.52. The molecule has 110 valence electrons. The van der Waals surface area contributed by atoms with Gasteiger partial charge in [-0.3, -0.25) is 10.4 Å². The van der Waals surface area contributed by atoms with Crippen molar-refractivity contribution in [3.05, 3.63) is 41.9 Å². The van der Waals surface area contributed by atoms with Crippen molar-refractivity contribution in [2.75, 3.05) is 18.4 Å². The number of carbonyl (C=O) groups excluding carboxylic acids is 1. The monoisotopic (exact) mass is 285 g/mol. The first-order valence-corrected chi connectivity index (χ1v) is 7.21. The molecule has 0 radical (unpaired) electrons. The van der Waals surface area contributed by atoms with Crippen LogP contribution in [-0.2, 0) is 0 Å². The zero-order valence-corrected chi connectivity index (χ0v) is 12.0. The number of pyridine rings is 1. The van der Waals surface area contributed by atoms with Gasteiger partial charge >= 0.3 is 6.03 Å². The van der Waals surface area contributed by atoms with Crippen molar-refractivity contribution < 1.29 is 4.79 Å². The number of piperidine rings is 1. The lowest BCUT2D eigenvalue weighted by Crippen LogP contribution is -2.41. The molecule has 1 unspecified atom stereocenters. The van der Waals surface area contributed by atoms with Gasteiger partial charge in [0.1, 0.15) is 5.82 Å². The van der Waals surface area contributed by atoms with E-state index in [2.05, 4.69) is 20.5 Å². The minimum absolute atomic E-state index is 0.0858. The Morgan fingerprint density at radius 3 is 3.10 bits per heavy atom. The van der Waals surface area contributed by atoms with Gasteiger partial charge in [0.15, 0.2) is 0 Å². The maximum atomic E-state index is 12.3. The van der Waals surface area contributed by atoms with Crippen molar-refractivity contribution in [3.8, 4) is 0 Å². The zero-order valence-electron chi connectivity index (χ0n) is 12.0. The maximum absolute atomic E-state index is 12.3. The molecule has 2 aromatic heterocycles.